The first kappa shape index (κ1) is 11.3. The van der Waals surface area contributed by atoms with Crippen LogP contribution in [-0.4, -0.2) is 0 Å². The van der Waals surface area contributed by atoms with Gasteiger partial charge in [0.15, 0.2) is 0 Å². The maximum atomic E-state index is 6.51. The molecule has 2 fully saturated rings. The predicted octanol–water partition coefficient (Wildman–Crippen LogP) is 3.66. The molecule has 17 heavy (non-hydrogen) atoms. The van der Waals surface area contributed by atoms with Crippen molar-refractivity contribution in [2.24, 2.45) is 23.5 Å². The summed E-state index contributed by atoms with van der Waals surface area (Å²) in [7, 11) is 0. The van der Waals surface area contributed by atoms with E-state index >= 15 is 0 Å². The summed E-state index contributed by atoms with van der Waals surface area (Å²) in [4.78, 5) is 0. The second-order valence-electron chi connectivity index (χ2n) is 6.15. The van der Waals surface area contributed by atoms with Crippen LogP contribution in [0.15, 0.2) is 12.1 Å². The number of nitrogens with two attached hydrogens (primary N) is 1. The van der Waals surface area contributed by atoms with Crippen molar-refractivity contribution >= 4 is 0 Å². The van der Waals surface area contributed by atoms with Crippen LogP contribution in [-0.2, 0) is 0 Å². The van der Waals surface area contributed by atoms with Crippen LogP contribution in [0.25, 0.3) is 0 Å². The quantitative estimate of drug-likeness (QED) is 0.823. The van der Waals surface area contributed by atoms with Crippen molar-refractivity contribution in [2.45, 2.75) is 46.1 Å². The second-order valence-corrected chi connectivity index (χ2v) is 6.15. The average molecular weight is 229 g/mol. The molecule has 92 valence electrons. The van der Waals surface area contributed by atoms with Crippen molar-refractivity contribution in [2.75, 3.05) is 0 Å². The van der Waals surface area contributed by atoms with E-state index in [0.29, 0.717) is 0 Å². The van der Waals surface area contributed by atoms with Crippen molar-refractivity contribution in [3.8, 4) is 0 Å². The average Bonchev–Trinajstić information content (AvgIpc) is 2.76. The van der Waals surface area contributed by atoms with E-state index in [9.17, 15) is 0 Å². The van der Waals surface area contributed by atoms with Gasteiger partial charge in [-0.25, -0.2) is 0 Å². The minimum atomic E-state index is 0.282. The van der Waals surface area contributed by atoms with E-state index in [0.717, 1.165) is 17.8 Å². The first-order valence-electron chi connectivity index (χ1n) is 6.93. The van der Waals surface area contributed by atoms with Gasteiger partial charge in [0.2, 0.25) is 0 Å². The molecule has 0 aromatic heterocycles. The van der Waals surface area contributed by atoms with Gasteiger partial charge in [0, 0.05) is 6.04 Å². The van der Waals surface area contributed by atoms with Gasteiger partial charge in [-0.2, -0.15) is 0 Å². The van der Waals surface area contributed by atoms with Crippen LogP contribution in [0.3, 0.4) is 0 Å². The van der Waals surface area contributed by atoms with Crippen molar-refractivity contribution in [1.82, 2.24) is 0 Å². The van der Waals surface area contributed by atoms with Crippen molar-refractivity contribution in [3.63, 3.8) is 0 Å². The minimum Gasteiger partial charge on any atom is -0.324 e. The third kappa shape index (κ3) is 1.72. The normalized spacial score (nSPS) is 32.4. The lowest BCUT2D eigenvalue weighted by Crippen LogP contribution is -2.17. The second kappa shape index (κ2) is 3.84. The molecule has 0 amide bonds. The molecular weight excluding hydrogens is 206 g/mol. The standard InChI is InChI=1S/C16H23N/c1-9-7-11(3)14(8-10(9)2)16(17)15-12-5-4-6-13(12)15/h7-8,12-13,15-16H,4-6,17H2,1-3H3. The van der Waals surface area contributed by atoms with E-state index in [1.54, 1.807) is 0 Å². The Labute approximate surface area is 104 Å². The van der Waals surface area contributed by atoms with E-state index in [1.807, 2.05) is 0 Å². The van der Waals surface area contributed by atoms with E-state index in [2.05, 4.69) is 32.9 Å². The van der Waals surface area contributed by atoms with Gasteiger partial charge < -0.3 is 5.73 Å². The number of rotatable bonds is 2. The van der Waals surface area contributed by atoms with Gasteiger partial charge in [-0.05, 0) is 73.6 Å². The molecule has 0 radical (unpaired) electrons. The molecular formula is C16H23N. The van der Waals surface area contributed by atoms with Gasteiger partial charge in [0.1, 0.15) is 0 Å². The first-order valence-corrected chi connectivity index (χ1v) is 6.93. The number of benzene rings is 1. The molecule has 2 saturated carbocycles. The number of aryl methyl sites for hydroxylation is 3. The molecule has 1 heteroatoms. The molecule has 1 nitrogen and oxygen atoms in total. The molecule has 3 unspecified atom stereocenters. The van der Waals surface area contributed by atoms with Gasteiger partial charge in [-0.1, -0.05) is 18.6 Å². The molecule has 1 aromatic carbocycles. The van der Waals surface area contributed by atoms with Crippen LogP contribution < -0.4 is 5.73 Å². The van der Waals surface area contributed by atoms with E-state index in [4.69, 9.17) is 5.73 Å². The van der Waals surface area contributed by atoms with E-state index in [1.165, 1.54) is 41.5 Å². The summed E-state index contributed by atoms with van der Waals surface area (Å²) in [5.41, 5.74) is 12.1. The van der Waals surface area contributed by atoms with Gasteiger partial charge in [0.05, 0.1) is 0 Å². The number of hydrogen-bond donors (Lipinski definition) is 1. The summed E-state index contributed by atoms with van der Waals surface area (Å²) in [5, 5.41) is 0. The molecule has 3 atom stereocenters. The third-order valence-electron chi connectivity index (χ3n) is 5.13. The van der Waals surface area contributed by atoms with Crippen LogP contribution in [0.1, 0.15) is 47.6 Å². The molecule has 0 aliphatic heterocycles. The maximum absolute atomic E-state index is 6.51. The molecule has 2 aliphatic rings. The molecule has 1 aromatic rings. The summed E-state index contributed by atoms with van der Waals surface area (Å²) in [5.74, 6) is 2.68. The lowest BCUT2D eigenvalue weighted by Gasteiger charge is -2.18. The third-order valence-corrected chi connectivity index (χ3v) is 5.13. The Morgan fingerprint density at radius 3 is 2.24 bits per heavy atom. The highest BCUT2D eigenvalue weighted by Gasteiger charge is 2.55. The predicted molar refractivity (Wildman–Crippen MR) is 71.9 cm³/mol. The van der Waals surface area contributed by atoms with Crippen molar-refractivity contribution in [1.29, 1.82) is 0 Å². The molecule has 0 heterocycles. The number of hydrogen-bond acceptors (Lipinski definition) is 1. The fourth-order valence-electron chi connectivity index (χ4n) is 3.96. The highest BCUT2D eigenvalue weighted by Crippen LogP contribution is 2.61. The van der Waals surface area contributed by atoms with Crippen molar-refractivity contribution < 1.29 is 0 Å². The molecule has 2 N–H and O–H groups in total. The van der Waals surface area contributed by atoms with Crippen LogP contribution in [0.4, 0.5) is 0 Å². The zero-order chi connectivity index (χ0) is 12.2. The topological polar surface area (TPSA) is 26.0 Å². The lowest BCUT2D eigenvalue weighted by molar-refractivity contribution is 0.500. The van der Waals surface area contributed by atoms with Crippen LogP contribution in [0.5, 0.6) is 0 Å². The van der Waals surface area contributed by atoms with Gasteiger partial charge in [0.25, 0.3) is 0 Å². The summed E-state index contributed by atoms with van der Waals surface area (Å²) in [6, 6.07) is 4.90. The Kier molecular flexibility index (Phi) is 2.55. The summed E-state index contributed by atoms with van der Waals surface area (Å²) >= 11 is 0. The Bertz CT molecular complexity index is 439. The van der Waals surface area contributed by atoms with Crippen LogP contribution in [0.2, 0.25) is 0 Å². The Balaban J connectivity index is 1.87. The summed E-state index contributed by atoms with van der Waals surface area (Å²) in [6.07, 6.45) is 4.28. The Hall–Kier alpha value is -0.820. The summed E-state index contributed by atoms with van der Waals surface area (Å²) in [6.45, 7) is 6.59. The van der Waals surface area contributed by atoms with Crippen molar-refractivity contribution in [3.05, 3.63) is 34.4 Å². The molecule has 0 bridgehead atoms. The molecule has 0 spiro atoms. The number of fused-ring (bicyclic) bond motifs is 1. The summed E-state index contributed by atoms with van der Waals surface area (Å²) < 4.78 is 0. The fourth-order valence-corrected chi connectivity index (χ4v) is 3.96. The van der Waals surface area contributed by atoms with E-state index < -0.39 is 0 Å². The minimum absolute atomic E-state index is 0.282. The zero-order valence-electron chi connectivity index (χ0n) is 11.2. The first-order chi connectivity index (χ1) is 8.09. The zero-order valence-corrected chi connectivity index (χ0v) is 11.2. The van der Waals surface area contributed by atoms with Gasteiger partial charge in [-0.3, -0.25) is 0 Å². The SMILES string of the molecule is Cc1cc(C)c(C(N)C2C3CCCC32)cc1C. The Morgan fingerprint density at radius 2 is 1.59 bits per heavy atom. The highest BCUT2D eigenvalue weighted by atomic mass is 14.7. The van der Waals surface area contributed by atoms with E-state index in [-0.39, 0.29) is 6.04 Å². The maximum Gasteiger partial charge on any atom is 0.0331 e. The largest absolute Gasteiger partial charge is 0.324 e. The molecule has 3 rings (SSSR count). The smallest absolute Gasteiger partial charge is 0.0331 e. The lowest BCUT2D eigenvalue weighted by atomic mass is 9.91. The molecule has 2 aliphatic carbocycles. The fraction of sp³-hybridized carbons (Fsp3) is 0.625. The highest BCUT2D eigenvalue weighted by molar-refractivity contribution is 5.39. The Morgan fingerprint density at radius 1 is 1.00 bits per heavy atom. The van der Waals surface area contributed by atoms with Crippen LogP contribution >= 0.6 is 0 Å². The molecule has 0 saturated heterocycles. The van der Waals surface area contributed by atoms with Crippen LogP contribution in [0, 0.1) is 38.5 Å². The van der Waals surface area contributed by atoms with Gasteiger partial charge >= 0.3 is 0 Å². The monoisotopic (exact) mass is 229 g/mol. The van der Waals surface area contributed by atoms with Gasteiger partial charge in [-0.15, -0.1) is 0 Å².